The van der Waals surface area contributed by atoms with Gasteiger partial charge < -0.3 is 14.2 Å². The highest BCUT2D eigenvalue weighted by Gasteiger charge is 2.19. The third-order valence-corrected chi connectivity index (χ3v) is 16.3. The lowest BCUT2D eigenvalue weighted by Gasteiger charge is -2.18. The summed E-state index contributed by atoms with van der Waals surface area (Å²) < 4.78 is 17.0. The van der Waals surface area contributed by atoms with E-state index in [0.29, 0.717) is 19.3 Å². The summed E-state index contributed by atoms with van der Waals surface area (Å²) in [5.41, 5.74) is 0. The van der Waals surface area contributed by atoms with Crippen LogP contribution < -0.4 is 0 Å². The van der Waals surface area contributed by atoms with E-state index in [-0.39, 0.29) is 31.1 Å². The van der Waals surface area contributed by atoms with Gasteiger partial charge in [-0.1, -0.05) is 339 Å². The summed E-state index contributed by atoms with van der Waals surface area (Å²) in [4.78, 5) is 38.5. The predicted molar refractivity (Wildman–Crippen MR) is 353 cm³/mol. The number of hydrogen-bond acceptors (Lipinski definition) is 6. The molecule has 0 aromatic rings. The highest BCUT2D eigenvalue weighted by molar-refractivity contribution is 5.71. The van der Waals surface area contributed by atoms with E-state index in [9.17, 15) is 14.4 Å². The van der Waals surface area contributed by atoms with Crippen molar-refractivity contribution in [2.24, 2.45) is 0 Å². The van der Waals surface area contributed by atoms with E-state index in [1.165, 1.54) is 276 Å². The van der Waals surface area contributed by atoms with Gasteiger partial charge in [-0.2, -0.15) is 0 Å². The molecular formula is C75H138O6. The zero-order chi connectivity index (χ0) is 58.5. The van der Waals surface area contributed by atoms with Gasteiger partial charge in [0.1, 0.15) is 13.2 Å². The summed E-state index contributed by atoms with van der Waals surface area (Å²) >= 11 is 0. The van der Waals surface area contributed by atoms with Crippen LogP contribution >= 0.6 is 0 Å². The van der Waals surface area contributed by atoms with Crippen molar-refractivity contribution in [1.29, 1.82) is 0 Å². The topological polar surface area (TPSA) is 78.9 Å². The Bertz CT molecular complexity index is 1400. The summed E-state index contributed by atoms with van der Waals surface area (Å²) in [6.07, 6.45) is 88.6. The first kappa shape index (κ1) is 78.4. The van der Waals surface area contributed by atoms with Gasteiger partial charge in [0.2, 0.25) is 0 Å². The summed E-state index contributed by atoms with van der Waals surface area (Å²) in [7, 11) is 0. The highest BCUT2D eigenvalue weighted by Crippen LogP contribution is 2.19. The second-order valence-electron chi connectivity index (χ2n) is 24.5. The van der Waals surface area contributed by atoms with E-state index in [1.54, 1.807) is 0 Å². The van der Waals surface area contributed by atoms with Crippen LogP contribution in [0.3, 0.4) is 0 Å². The Morgan fingerprint density at radius 3 is 0.704 bits per heavy atom. The molecule has 0 fully saturated rings. The third kappa shape index (κ3) is 68.0. The molecule has 81 heavy (non-hydrogen) atoms. The SMILES string of the molecule is CCCCC/C=C\C/C=C\CCCCCCCCCCCC(=O)OC(COC(=O)CCCCCCCCC/C=C\C/C=C\CCCCC)COC(=O)CCCCCCCCCCCCCCCCCCCCCCCCCCCCC. The van der Waals surface area contributed by atoms with Gasteiger partial charge in [-0.3, -0.25) is 14.4 Å². The van der Waals surface area contributed by atoms with Crippen LogP contribution in [0.25, 0.3) is 0 Å². The molecule has 0 rings (SSSR count). The van der Waals surface area contributed by atoms with E-state index in [2.05, 4.69) is 69.4 Å². The van der Waals surface area contributed by atoms with Crippen LogP contribution in [-0.2, 0) is 28.6 Å². The van der Waals surface area contributed by atoms with Crippen molar-refractivity contribution in [2.75, 3.05) is 13.2 Å². The van der Waals surface area contributed by atoms with Crippen LogP contribution in [0.2, 0.25) is 0 Å². The van der Waals surface area contributed by atoms with Crippen LogP contribution in [0.5, 0.6) is 0 Å². The Morgan fingerprint density at radius 1 is 0.247 bits per heavy atom. The van der Waals surface area contributed by atoms with Crippen molar-refractivity contribution in [1.82, 2.24) is 0 Å². The molecule has 0 saturated heterocycles. The van der Waals surface area contributed by atoms with Gasteiger partial charge in [-0.15, -0.1) is 0 Å². The van der Waals surface area contributed by atoms with Crippen LogP contribution in [-0.4, -0.2) is 37.2 Å². The summed E-state index contributed by atoms with van der Waals surface area (Å²) in [6, 6.07) is 0. The molecule has 0 bridgehead atoms. The number of hydrogen-bond donors (Lipinski definition) is 0. The third-order valence-electron chi connectivity index (χ3n) is 16.3. The Kier molecular flexibility index (Phi) is 67.6. The monoisotopic (exact) mass is 1140 g/mol. The zero-order valence-electron chi connectivity index (χ0n) is 54.6. The maximum Gasteiger partial charge on any atom is 0.306 e. The van der Waals surface area contributed by atoms with Gasteiger partial charge in [-0.25, -0.2) is 0 Å². The molecular weight excluding hydrogens is 997 g/mol. The molecule has 474 valence electrons. The lowest BCUT2D eigenvalue weighted by atomic mass is 10.0. The molecule has 0 saturated carbocycles. The molecule has 0 amide bonds. The predicted octanol–water partition coefficient (Wildman–Crippen LogP) is 24.9. The molecule has 6 heteroatoms. The maximum atomic E-state index is 13.0. The van der Waals surface area contributed by atoms with Gasteiger partial charge in [-0.05, 0) is 83.5 Å². The first-order chi connectivity index (χ1) is 40.0. The smallest absolute Gasteiger partial charge is 0.306 e. The van der Waals surface area contributed by atoms with Gasteiger partial charge in [0.25, 0.3) is 0 Å². The molecule has 0 aliphatic rings. The number of rotatable bonds is 67. The maximum absolute atomic E-state index is 13.0. The van der Waals surface area contributed by atoms with E-state index < -0.39 is 6.10 Å². The Morgan fingerprint density at radius 2 is 0.444 bits per heavy atom. The standard InChI is InChI=1S/C75H138O6/c1-4-7-10-13-16-19-22-25-28-31-33-34-35-36-37-38-39-40-42-44-47-50-53-56-59-62-65-68-74(77)80-71-72(70-79-73(76)67-64-61-58-55-52-49-46-43-30-27-24-21-18-15-12-9-6-3)81-75(78)69-66-63-60-57-54-51-48-45-41-32-29-26-23-20-17-14-11-8-5-2/h17-18,20-21,26-27,29-30,72H,4-16,19,22-25,28,31-71H2,1-3H3/b20-17-,21-18-,29-26-,30-27-. The normalized spacial score (nSPS) is 12.3. The number of carbonyl (C=O) groups excluding carboxylic acids is 3. The van der Waals surface area contributed by atoms with Crippen molar-refractivity contribution in [3.63, 3.8) is 0 Å². The largest absolute Gasteiger partial charge is 0.462 e. The molecule has 0 aliphatic heterocycles. The average Bonchev–Trinajstić information content (AvgIpc) is 3.47. The molecule has 0 heterocycles. The fraction of sp³-hybridized carbons (Fsp3) is 0.853. The Hall–Kier alpha value is -2.63. The Labute approximate surface area is 505 Å². The van der Waals surface area contributed by atoms with E-state index in [0.717, 1.165) is 77.0 Å². The number of carbonyl (C=O) groups is 3. The Balaban J connectivity index is 4.26. The first-order valence-electron chi connectivity index (χ1n) is 36.1. The molecule has 0 radical (unpaired) electrons. The van der Waals surface area contributed by atoms with E-state index >= 15 is 0 Å². The highest BCUT2D eigenvalue weighted by atomic mass is 16.6. The first-order valence-corrected chi connectivity index (χ1v) is 36.1. The molecule has 0 aliphatic carbocycles. The van der Waals surface area contributed by atoms with E-state index in [4.69, 9.17) is 14.2 Å². The minimum absolute atomic E-state index is 0.0733. The molecule has 6 nitrogen and oxygen atoms in total. The minimum Gasteiger partial charge on any atom is -0.462 e. The molecule has 0 N–H and O–H groups in total. The van der Waals surface area contributed by atoms with Gasteiger partial charge in [0, 0.05) is 19.3 Å². The second kappa shape index (κ2) is 69.9. The molecule has 0 aromatic carbocycles. The summed E-state index contributed by atoms with van der Waals surface area (Å²) in [5.74, 6) is -0.859. The fourth-order valence-electron chi connectivity index (χ4n) is 10.9. The second-order valence-corrected chi connectivity index (χ2v) is 24.5. The van der Waals surface area contributed by atoms with Crippen LogP contribution in [0.1, 0.15) is 393 Å². The zero-order valence-corrected chi connectivity index (χ0v) is 54.6. The summed E-state index contributed by atoms with van der Waals surface area (Å²) in [5, 5.41) is 0. The van der Waals surface area contributed by atoms with E-state index in [1.807, 2.05) is 0 Å². The molecule has 0 spiro atoms. The summed E-state index contributed by atoms with van der Waals surface area (Å²) in [6.45, 7) is 6.65. The number of ether oxygens (including phenoxy) is 3. The lowest BCUT2D eigenvalue weighted by molar-refractivity contribution is -0.167. The fourth-order valence-corrected chi connectivity index (χ4v) is 10.9. The van der Waals surface area contributed by atoms with Crippen LogP contribution in [0.15, 0.2) is 48.6 Å². The number of esters is 3. The van der Waals surface area contributed by atoms with Crippen molar-refractivity contribution in [2.45, 2.75) is 399 Å². The lowest BCUT2D eigenvalue weighted by Crippen LogP contribution is -2.30. The van der Waals surface area contributed by atoms with Gasteiger partial charge in [0.15, 0.2) is 6.10 Å². The van der Waals surface area contributed by atoms with Crippen molar-refractivity contribution >= 4 is 17.9 Å². The van der Waals surface area contributed by atoms with Crippen molar-refractivity contribution < 1.29 is 28.6 Å². The van der Waals surface area contributed by atoms with Crippen molar-refractivity contribution in [3.8, 4) is 0 Å². The quantitative estimate of drug-likeness (QED) is 0.0261. The number of allylic oxidation sites excluding steroid dienone is 8. The van der Waals surface area contributed by atoms with Crippen LogP contribution in [0, 0.1) is 0 Å². The van der Waals surface area contributed by atoms with Crippen LogP contribution in [0.4, 0.5) is 0 Å². The molecule has 1 unspecified atom stereocenters. The molecule has 0 aromatic heterocycles. The van der Waals surface area contributed by atoms with Gasteiger partial charge in [0.05, 0.1) is 0 Å². The van der Waals surface area contributed by atoms with Crippen molar-refractivity contribution in [3.05, 3.63) is 48.6 Å². The molecule has 1 atom stereocenters. The number of unbranched alkanes of at least 4 members (excludes halogenated alkanes) is 48. The minimum atomic E-state index is -0.779. The van der Waals surface area contributed by atoms with Gasteiger partial charge >= 0.3 is 17.9 Å². The average molecular weight is 1140 g/mol.